The summed E-state index contributed by atoms with van der Waals surface area (Å²) < 4.78 is 0. The van der Waals surface area contributed by atoms with Crippen molar-refractivity contribution >= 4 is 5.91 Å². The predicted octanol–water partition coefficient (Wildman–Crippen LogP) is 2.19. The molecule has 0 aliphatic carbocycles. The number of carbonyl (C=O) groups is 1. The van der Waals surface area contributed by atoms with E-state index in [-0.39, 0.29) is 11.9 Å². The normalized spacial score (nSPS) is 13.0. The summed E-state index contributed by atoms with van der Waals surface area (Å²) >= 11 is 0. The van der Waals surface area contributed by atoms with Crippen LogP contribution in [0, 0.1) is 0 Å². The molecule has 16 heavy (non-hydrogen) atoms. The van der Waals surface area contributed by atoms with Gasteiger partial charge in [0, 0.05) is 25.6 Å². The Balaban J connectivity index is 3.76. The average molecular weight is 226 g/mol. The minimum Gasteiger partial charge on any atom is -0.343 e. The van der Waals surface area contributed by atoms with Crippen LogP contribution in [0.15, 0.2) is 12.2 Å². The fourth-order valence-electron chi connectivity index (χ4n) is 1.62. The van der Waals surface area contributed by atoms with Gasteiger partial charge in [-0.2, -0.15) is 0 Å². The van der Waals surface area contributed by atoms with Gasteiger partial charge in [0.25, 0.3) is 0 Å². The number of allylic oxidation sites excluding steroid dienone is 1. The molecule has 0 aromatic carbocycles. The molecule has 0 heterocycles. The van der Waals surface area contributed by atoms with Crippen molar-refractivity contribution in [3.63, 3.8) is 0 Å². The molecule has 1 N–H and O–H groups in total. The first kappa shape index (κ1) is 15.2. The predicted molar refractivity (Wildman–Crippen MR) is 69.4 cm³/mol. The van der Waals surface area contributed by atoms with Crippen LogP contribution in [0.2, 0.25) is 0 Å². The van der Waals surface area contributed by atoms with E-state index in [1.807, 2.05) is 31.7 Å². The second-order valence-electron chi connectivity index (χ2n) is 3.98. The van der Waals surface area contributed by atoms with Gasteiger partial charge in [0.1, 0.15) is 0 Å². The molecule has 0 fully saturated rings. The maximum Gasteiger partial charge on any atom is 0.224 e. The van der Waals surface area contributed by atoms with E-state index in [4.69, 9.17) is 0 Å². The van der Waals surface area contributed by atoms with Gasteiger partial charge >= 0.3 is 0 Å². The molecular formula is C13H26N2O. The number of hydrogen-bond donors (Lipinski definition) is 1. The molecule has 0 aliphatic rings. The van der Waals surface area contributed by atoms with Gasteiger partial charge < -0.3 is 10.2 Å². The Morgan fingerprint density at radius 3 is 2.50 bits per heavy atom. The zero-order valence-corrected chi connectivity index (χ0v) is 11.1. The number of hydrogen-bond acceptors (Lipinski definition) is 2. The van der Waals surface area contributed by atoms with Crippen LogP contribution >= 0.6 is 0 Å². The van der Waals surface area contributed by atoms with Gasteiger partial charge in [0.05, 0.1) is 0 Å². The summed E-state index contributed by atoms with van der Waals surface area (Å²) in [7, 11) is 0. The smallest absolute Gasteiger partial charge is 0.224 e. The Bertz CT molecular complexity index is 210. The quantitative estimate of drug-likeness (QED) is 0.508. The second-order valence-corrected chi connectivity index (χ2v) is 3.98. The Kier molecular flexibility index (Phi) is 8.91. The zero-order chi connectivity index (χ0) is 12.4. The Morgan fingerprint density at radius 1 is 1.38 bits per heavy atom. The van der Waals surface area contributed by atoms with Crippen molar-refractivity contribution in [1.82, 2.24) is 10.2 Å². The molecule has 1 amide bonds. The van der Waals surface area contributed by atoms with Crippen molar-refractivity contribution in [2.75, 3.05) is 19.6 Å². The van der Waals surface area contributed by atoms with E-state index in [9.17, 15) is 4.79 Å². The van der Waals surface area contributed by atoms with Gasteiger partial charge in [0.15, 0.2) is 0 Å². The molecule has 0 saturated carbocycles. The van der Waals surface area contributed by atoms with Gasteiger partial charge in [0.2, 0.25) is 5.91 Å². The Morgan fingerprint density at radius 2 is 2.00 bits per heavy atom. The zero-order valence-electron chi connectivity index (χ0n) is 11.1. The van der Waals surface area contributed by atoms with Crippen LogP contribution in [0.3, 0.4) is 0 Å². The fraction of sp³-hybridized carbons (Fsp3) is 0.769. The third-order valence-corrected chi connectivity index (χ3v) is 2.64. The van der Waals surface area contributed by atoms with Gasteiger partial charge in [-0.3, -0.25) is 4.79 Å². The maximum absolute atomic E-state index is 11.8. The maximum atomic E-state index is 11.8. The first-order valence-corrected chi connectivity index (χ1v) is 6.27. The molecule has 3 heteroatoms. The summed E-state index contributed by atoms with van der Waals surface area (Å²) in [5.41, 5.74) is 0. The molecule has 94 valence electrons. The van der Waals surface area contributed by atoms with Crippen molar-refractivity contribution in [3.05, 3.63) is 12.2 Å². The van der Waals surface area contributed by atoms with Crippen molar-refractivity contribution in [1.29, 1.82) is 0 Å². The summed E-state index contributed by atoms with van der Waals surface area (Å²) in [4.78, 5) is 13.7. The summed E-state index contributed by atoms with van der Waals surface area (Å²) in [6.07, 6.45) is 5.80. The summed E-state index contributed by atoms with van der Waals surface area (Å²) in [5, 5.41) is 3.35. The average Bonchev–Trinajstić information content (AvgIpc) is 2.26. The Hall–Kier alpha value is -0.830. The van der Waals surface area contributed by atoms with Crippen LogP contribution < -0.4 is 5.32 Å². The minimum absolute atomic E-state index is 0.246. The fourth-order valence-corrected chi connectivity index (χ4v) is 1.62. The SMILES string of the molecule is C/C=C/CCNC(C)CC(=O)N(CC)CC. The largest absolute Gasteiger partial charge is 0.343 e. The third kappa shape index (κ3) is 6.62. The van der Waals surface area contributed by atoms with Crippen LogP contribution in [-0.4, -0.2) is 36.5 Å². The van der Waals surface area contributed by atoms with E-state index >= 15 is 0 Å². The van der Waals surface area contributed by atoms with Gasteiger partial charge in [-0.25, -0.2) is 0 Å². The molecule has 0 saturated heterocycles. The van der Waals surface area contributed by atoms with Crippen LogP contribution in [0.4, 0.5) is 0 Å². The molecule has 1 atom stereocenters. The van der Waals surface area contributed by atoms with E-state index in [0.29, 0.717) is 6.42 Å². The lowest BCUT2D eigenvalue weighted by molar-refractivity contribution is -0.131. The molecule has 0 aromatic rings. The second kappa shape index (κ2) is 9.40. The summed E-state index contributed by atoms with van der Waals surface area (Å²) in [6, 6.07) is 0.262. The van der Waals surface area contributed by atoms with Crippen molar-refractivity contribution < 1.29 is 4.79 Å². The van der Waals surface area contributed by atoms with E-state index in [1.54, 1.807) is 0 Å². The molecule has 0 rings (SSSR count). The minimum atomic E-state index is 0.246. The molecular weight excluding hydrogens is 200 g/mol. The highest BCUT2D eigenvalue weighted by Gasteiger charge is 2.12. The monoisotopic (exact) mass is 226 g/mol. The van der Waals surface area contributed by atoms with Crippen LogP contribution in [0.25, 0.3) is 0 Å². The Labute approximate surface area is 99.9 Å². The van der Waals surface area contributed by atoms with E-state index in [1.165, 1.54) is 0 Å². The summed E-state index contributed by atoms with van der Waals surface area (Å²) in [6.45, 7) is 10.7. The van der Waals surface area contributed by atoms with Crippen LogP contribution in [0.5, 0.6) is 0 Å². The van der Waals surface area contributed by atoms with E-state index in [0.717, 1.165) is 26.1 Å². The molecule has 3 nitrogen and oxygen atoms in total. The number of nitrogens with one attached hydrogen (secondary N) is 1. The van der Waals surface area contributed by atoms with E-state index < -0.39 is 0 Å². The molecule has 0 radical (unpaired) electrons. The first-order chi connectivity index (χ1) is 7.65. The standard InChI is InChI=1S/C13H26N2O/c1-5-8-9-10-14-12(4)11-13(16)15(6-2)7-3/h5,8,12,14H,6-7,9-11H2,1-4H3/b8-5+. The first-order valence-electron chi connectivity index (χ1n) is 6.27. The lowest BCUT2D eigenvalue weighted by atomic mass is 10.2. The number of amides is 1. The number of carbonyl (C=O) groups excluding carboxylic acids is 1. The molecule has 0 aromatic heterocycles. The van der Waals surface area contributed by atoms with Crippen molar-refractivity contribution in [2.45, 2.75) is 46.6 Å². The lowest BCUT2D eigenvalue weighted by Gasteiger charge is -2.21. The third-order valence-electron chi connectivity index (χ3n) is 2.64. The van der Waals surface area contributed by atoms with Crippen LogP contribution in [0.1, 0.15) is 40.5 Å². The molecule has 0 aliphatic heterocycles. The van der Waals surface area contributed by atoms with Crippen molar-refractivity contribution in [3.8, 4) is 0 Å². The molecule has 0 bridgehead atoms. The van der Waals surface area contributed by atoms with Gasteiger partial charge in [-0.15, -0.1) is 0 Å². The highest BCUT2D eigenvalue weighted by atomic mass is 16.2. The summed E-state index contributed by atoms with van der Waals surface area (Å²) in [5.74, 6) is 0.246. The number of nitrogens with zero attached hydrogens (tertiary/aromatic N) is 1. The molecule has 0 spiro atoms. The van der Waals surface area contributed by atoms with Crippen molar-refractivity contribution in [2.24, 2.45) is 0 Å². The number of rotatable bonds is 8. The molecule has 1 unspecified atom stereocenters. The van der Waals surface area contributed by atoms with Gasteiger partial charge in [-0.05, 0) is 40.7 Å². The van der Waals surface area contributed by atoms with Gasteiger partial charge in [-0.1, -0.05) is 12.2 Å². The van der Waals surface area contributed by atoms with Crippen LogP contribution in [-0.2, 0) is 4.79 Å². The highest BCUT2D eigenvalue weighted by Crippen LogP contribution is 1.98. The topological polar surface area (TPSA) is 32.3 Å². The van der Waals surface area contributed by atoms with E-state index in [2.05, 4.69) is 18.3 Å². The highest BCUT2D eigenvalue weighted by molar-refractivity contribution is 5.76. The lowest BCUT2D eigenvalue weighted by Crippen LogP contribution is -2.37.